The molecule has 1 N–H and O–H groups in total. The number of imidazole rings is 1. The van der Waals surface area contributed by atoms with Gasteiger partial charge in [0.05, 0.1) is 6.33 Å². The van der Waals surface area contributed by atoms with E-state index in [0.29, 0.717) is 0 Å². The van der Waals surface area contributed by atoms with Gasteiger partial charge in [0.1, 0.15) is 0 Å². The molecule has 0 radical (unpaired) electrons. The molecule has 9 heavy (non-hydrogen) atoms. The predicted molar refractivity (Wildman–Crippen MR) is 41.9 cm³/mol. The minimum atomic E-state index is -2.22. The number of hydrogen-bond acceptors (Lipinski definition) is 1. The summed E-state index contributed by atoms with van der Waals surface area (Å²) < 4.78 is 0. The minimum absolute atomic E-state index is 1.62. The third kappa shape index (κ3) is 12.2. The van der Waals surface area contributed by atoms with Gasteiger partial charge in [0.2, 0.25) is 0 Å². The van der Waals surface area contributed by atoms with Crippen LogP contribution in [0.15, 0.2) is 18.7 Å². The second-order valence-corrected chi connectivity index (χ2v) is 15.7. The van der Waals surface area contributed by atoms with Crippen molar-refractivity contribution in [2.75, 3.05) is 0 Å². The monoisotopic (exact) mass is 288 g/mol. The van der Waals surface area contributed by atoms with Gasteiger partial charge in [-0.3, -0.25) is 0 Å². The number of aromatic amines is 1. The Morgan fingerprint density at radius 2 is 1.89 bits per heavy atom. The van der Waals surface area contributed by atoms with Gasteiger partial charge in [-0.05, 0) is 0 Å². The molecule has 0 aliphatic carbocycles. The molecule has 6 heteroatoms. The molecule has 0 bridgehead atoms. The molecule has 0 saturated heterocycles. The Kier molecular flexibility index (Phi) is 7.81. The van der Waals surface area contributed by atoms with Crippen LogP contribution >= 0.6 is 25.7 Å². The maximum absolute atomic E-state index is 5.02. The Morgan fingerprint density at radius 1 is 1.33 bits per heavy atom. The fourth-order valence-corrected chi connectivity index (χ4v) is 0.215. The number of H-pyrrole nitrogens is 1. The van der Waals surface area contributed by atoms with Crippen molar-refractivity contribution >= 4 is 43.6 Å². The number of nitrogens with zero attached hydrogens (tertiary/aromatic N) is 1. The van der Waals surface area contributed by atoms with E-state index in [1.54, 1.807) is 18.7 Å². The molecule has 1 heterocycles. The Labute approximate surface area is 71.8 Å². The molecule has 1 aromatic heterocycles. The van der Waals surface area contributed by atoms with Crippen LogP contribution in [-0.2, 0) is 0 Å². The molecule has 0 saturated carbocycles. The number of nitrogens with one attached hydrogen (secondary N) is 1. The Hall–Kier alpha value is 0.950. The van der Waals surface area contributed by atoms with E-state index in [9.17, 15) is 0 Å². The normalized spacial score (nSPS) is 7.44. The maximum atomic E-state index is 5.02. The van der Waals surface area contributed by atoms with Crippen LogP contribution in [0, 0.1) is 0 Å². The van der Waals surface area contributed by atoms with Crippen molar-refractivity contribution in [1.29, 1.82) is 0 Å². The van der Waals surface area contributed by atoms with Gasteiger partial charge in [0.25, 0.3) is 0 Å². The zero-order chi connectivity index (χ0) is 7.11. The average Bonchev–Trinajstić information content (AvgIpc) is 2.11. The quantitative estimate of drug-likeness (QED) is 0.778. The molecule has 0 spiro atoms. The molecule has 0 aromatic carbocycles. The van der Waals surface area contributed by atoms with E-state index < -0.39 is 17.9 Å². The first-order valence-electron chi connectivity index (χ1n) is 2.08. The van der Waals surface area contributed by atoms with Gasteiger partial charge in [-0.2, -0.15) is 0 Å². The predicted octanol–water partition coefficient (Wildman–Crippen LogP) is 2.10. The van der Waals surface area contributed by atoms with Crippen LogP contribution in [0.5, 0.6) is 0 Å². The molecule has 0 unspecified atom stereocenters. The summed E-state index contributed by atoms with van der Waals surface area (Å²) in [5.74, 6) is 0. The summed E-state index contributed by atoms with van der Waals surface area (Å²) in [6, 6.07) is 0. The van der Waals surface area contributed by atoms with E-state index in [2.05, 4.69) is 9.97 Å². The molecule has 50 valence electrons. The second kappa shape index (κ2) is 7.06. The molecule has 1 rings (SSSR count). The zero-order valence-corrected chi connectivity index (χ0v) is 9.95. The molecule has 1 aromatic rings. The summed E-state index contributed by atoms with van der Waals surface area (Å²) in [7, 11) is 15.0. The van der Waals surface area contributed by atoms with Gasteiger partial charge in [-0.1, -0.05) is 0 Å². The van der Waals surface area contributed by atoms with Gasteiger partial charge >= 0.3 is 43.6 Å². The van der Waals surface area contributed by atoms with E-state index in [-0.39, 0.29) is 0 Å². The van der Waals surface area contributed by atoms with Gasteiger partial charge in [-0.25, -0.2) is 4.98 Å². The first-order valence-corrected chi connectivity index (χ1v) is 14.6. The van der Waals surface area contributed by atoms with Gasteiger partial charge < -0.3 is 4.98 Å². The topological polar surface area (TPSA) is 28.7 Å². The summed E-state index contributed by atoms with van der Waals surface area (Å²) in [5, 5.41) is 0. The van der Waals surface area contributed by atoms with E-state index in [1.165, 1.54) is 0 Å². The smallest absolute Gasteiger partial charge is 0.0919 e. The van der Waals surface area contributed by atoms with E-state index in [1.807, 2.05) is 0 Å². The van der Waals surface area contributed by atoms with Crippen molar-refractivity contribution < 1.29 is 0 Å². The van der Waals surface area contributed by atoms with Crippen LogP contribution in [0.25, 0.3) is 0 Å². The summed E-state index contributed by atoms with van der Waals surface area (Å²) in [6.07, 6.45) is 5.08. The van der Waals surface area contributed by atoms with E-state index in [0.717, 1.165) is 0 Å². The minimum Gasteiger partial charge on any atom is -0.351 e. The first kappa shape index (κ1) is 9.95. The van der Waals surface area contributed by atoms with Crippen molar-refractivity contribution in [3.8, 4) is 0 Å². The van der Waals surface area contributed by atoms with Gasteiger partial charge in [0.15, 0.2) is 0 Å². The third-order valence-electron chi connectivity index (χ3n) is 0.406. The second-order valence-electron chi connectivity index (χ2n) is 1.01. The van der Waals surface area contributed by atoms with Crippen LogP contribution in [0.2, 0.25) is 0 Å². The van der Waals surface area contributed by atoms with E-state index in [4.69, 9.17) is 25.7 Å². The maximum Gasteiger partial charge on any atom is 0.0919 e. The standard InChI is InChI=1S/C3H4N2.3ClH.In/c1-2-5-3-4-1;;;;/h1-3H,(H,4,5);3*1H;/q;;;;+3/p-3. The van der Waals surface area contributed by atoms with Crippen LogP contribution in [-0.4, -0.2) is 27.9 Å². The third-order valence-corrected chi connectivity index (χ3v) is 0.406. The molecular formula is C3H4Cl3InN2. The van der Waals surface area contributed by atoms with Crippen LogP contribution in [0.4, 0.5) is 0 Å². The Morgan fingerprint density at radius 3 is 2.00 bits per heavy atom. The zero-order valence-electron chi connectivity index (χ0n) is 4.39. The summed E-state index contributed by atoms with van der Waals surface area (Å²) in [6.45, 7) is 0. The van der Waals surface area contributed by atoms with Crippen LogP contribution in [0.1, 0.15) is 0 Å². The molecule has 0 atom stereocenters. The number of rotatable bonds is 0. The largest absolute Gasteiger partial charge is 0.351 e. The van der Waals surface area contributed by atoms with Crippen LogP contribution in [0.3, 0.4) is 0 Å². The van der Waals surface area contributed by atoms with Crippen molar-refractivity contribution in [2.24, 2.45) is 0 Å². The van der Waals surface area contributed by atoms with Crippen molar-refractivity contribution in [1.82, 2.24) is 9.97 Å². The molecule has 0 amide bonds. The molecule has 0 aliphatic rings. The Balaban J connectivity index is 0.000000148. The summed E-state index contributed by atoms with van der Waals surface area (Å²) >= 11 is -2.22. The summed E-state index contributed by atoms with van der Waals surface area (Å²) in [4.78, 5) is 6.42. The van der Waals surface area contributed by atoms with Crippen molar-refractivity contribution in [3.05, 3.63) is 18.7 Å². The molecular weight excluding hydrogens is 285 g/mol. The van der Waals surface area contributed by atoms with Crippen LogP contribution < -0.4 is 0 Å². The fraction of sp³-hybridized carbons (Fsp3) is 0. The first-order chi connectivity index (χ1) is 4.23. The van der Waals surface area contributed by atoms with Gasteiger partial charge in [0, 0.05) is 12.4 Å². The summed E-state index contributed by atoms with van der Waals surface area (Å²) in [5.41, 5.74) is 0. The number of hydrogen-bond donors (Lipinski definition) is 1. The molecule has 0 aliphatic heterocycles. The molecule has 2 nitrogen and oxygen atoms in total. The number of halogens is 3. The van der Waals surface area contributed by atoms with Gasteiger partial charge in [-0.15, -0.1) is 0 Å². The molecule has 0 fully saturated rings. The Bertz CT molecular complexity index is 101. The SMILES string of the molecule is [Cl][In]([Cl])[Cl].c1c[nH]cn1. The van der Waals surface area contributed by atoms with Crippen molar-refractivity contribution in [2.45, 2.75) is 0 Å². The number of aromatic nitrogens is 2. The van der Waals surface area contributed by atoms with Crippen molar-refractivity contribution in [3.63, 3.8) is 0 Å². The average molecular weight is 289 g/mol. The fourth-order valence-electron chi connectivity index (χ4n) is 0.215. The van der Waals surface area contributed by atoms with E-state index >= 15 is 0 Å².